The van der Waals surface area contributed by atoms with Gasteiger partial charge in [0.2, 0.25) is 0 Å². The minimum Gasteiger partial charge on any atom is -0.371 e. The lowest BCUT2D eigenvalue weighted by atomic mass is 10.1. The van der Waals surface area contributed by atoms with Crippen molar-refractivity contribution in [1.82, 2.24) is 4.98 Å². The Kier molecular flexibility index (Phi) is 3.27. The predicted molar refractivity (Wildman–Crippen MR) is 78.7 cm³/mol. The van der Waals surface area contributed by atoms with E-state index in [1.807, 2.05) is 13.0 Å². The molecule has 0 atom stereocenters. The standard InChI is InChI=1S/C14H15ClN2S/c1-10-16-13(9-18-10)12-5-4-11(15)8-14(12)17-6-2-3-7-17/h4-5,8-9H,2-3,6-7H2,1H3. The molecule has 0 radical (unpaired) electrons. The Morgan fingerprint density at radius 1 is 1.28 bits per heavy atom. The van der Waals surface area contributed by atoms with Crippen molar-refractivity contribution in [3.05, 3.63) is 33.6 Å². The average Bonchev–Trinajstić information content (AvgIpc) is 2.99. The van der Waals surface area contributed by atoms with Crippen molar-refractivity contribution in [1.29, 1.82) is 0 Å². The molecule has 0 saturated carbocycles. The molecule has 94 valence electrons. The van der Waals surface area contributed by atoms with E-state index in [2.05, 4.69) is 27.4 Å². The number of halogens is 1. The van der Waals surface area contributed by atoms with Gasteiger partial charge in [-0.1, -0.05) is 11.6 Å². The summed E-state index contributed by atoms with van der Waals surface area (Å²) in [5.41, 5.74) is 3.49. The van der Waals surface area contributed by atoms with Gasteiger partial charge in [-0.2, -0.15) is 0 Å². The zero-order chi connectivity index (χ0) is 12.5. The number of anilines is 1. The third-order valence-electron chi connectivity index (χ3n) is 3.30. The molecule has 0 amide bonds. The first-order valence-corrected chi connectivity index (χ1v) is 7.47. The summed E-state index contributed by atoms with van der Waals surface area (Å²) in [5, 5.41) is 4.03. The van der Waals surface area contributed by atoms with E-state index in [0.717, 1.165) is 28.8 Å². The Morgan fingerprint density at radius 3 is 2.72 bits per heavy atom. The summed E-state index contributed by atoms with van der Waals surface area (Å²) in [5.74, 6) is 0. The van der Waals surface area contributed by atoms with Crippen molar-refractivity contribution in [3.63, 3.8) is 0 Å². The fraction of sp³-hybridized carbons (Fsp3) is 0.357. The Morgan fingerprint density at radius 2 is 2.06 bits per heavy atom. The first-order chi connectivity index (χ1) is 8.74. The van der Waals surface area contributed by atoms with E-state index >= 15 is 0 Å². The molecule has 0 N–H and O–H groups in total. The molecule has 0 aliphatic carbocycles. The monoisotopic (exact) mass is 278 g/mol. The molecule has 1 aliphatic rings. The van der Waals surface area contributed by atoms with Crippen molar-refractivity contribution in [2.24, 2.45) is 0 Å². The van der Waals surface area contributed by atoms with E-state index in [4.69, 9.17) is 11.6 Å². The quantitative estimate of drug-likeness (QED) is 0.811. The molecule has 1 saturated heterocycles. The van der Waals surface area contributed by atoms with E-state index < -0.39 is 0 Å². The summed E-state index contributed by atoms with van der Waals surface area (Å²) in [7, 11) is 0. The van der Waals surface area contributed by atoms with Gasteiger partial charge in [-0.15, -0.1) is 11.3 Å². The maximum atomic E-state index is 6.14. The highest BCUT2D eigenvalue weighted by atomic mass is 35.5. The van der Waals surface area contributed by atoms with Crippen LogP contribution >= 0.6 is 22.9 Å². The molecule has 1 fully saturated rings. The van der Waals surface area contributed by atoms with E-state index in [1.165, 1.54) is 24.1 Å². The van der Waals surface area contributed by atoms with Crippen molar-refractivity contribution in [3.8, 4) is 11.3 Å². The van der Waals surface area contributed by atoms with Gasteiger partial charge in [-0.25, -0.2) is 4.98 Å². The zero-order valence-corrected chi connectivity index (χ0v) is 11.9. The second-order valence-corrected chi connectivity index (χ2v) is 6.11. The summed E-state index contributed by atoms with van der Waals surface area (Å²) in [6.45, 7) is 4.28. The molecule has 2 aromatic rings. The Labute approximate surface area is 116 Å². The molecule has 1 aliphatic heterocycles. The first kappa shape index (κ1) is 12.0. The molecule has 0 bridgehead atoms. The van der Waals surface area contributed by atoms with E-state index in [0.29, 0.717) is 0 Å². The molecule has 1 aromatic carbocycles. The number of aryl methyl sites for hydroxylation is 1. The minimum atomic E-state index is 0.799. The van der Waals surface area contributed by atoms with Crippen LogP contribution in [0.2, 0.25) is 5.02 Å². The van der Waals surface area contributed by atoms with Crippen LogP contribution in [-0.2, 0) is 0 Å². The molecule has 0 spiro atoms. The van der Waals surface area contributed by atoms with Crippen molar-refractivity contribution >= 4 is 28.6 Å². The molecular formula is C14H15ClN2S. The van der Waals surface area contributed by atoms with E-state index in [-0.39, 0.29) is 0 Å². The van der Waals surface area contributed by atoms with Gasteiger partial charge in [-0.3, -0.25) is 0 Å². The van der Waals surface area contributed by atoms with Crippen LogP contribution in [0.1, 0.15) is 17.8 Å². The lowest BCUT2D eigenvalue weighted by molar-refractivity contribution is 0.949. The average molecular weight is 279 g/mol. The maximum absolute atomic E-state index is 6.14. The summed E-state index contributed by atoms with van der Waals surface area (Å²) in [4.78, 5) is 7.00. The lowest BCUT2D eigenvalue weighted by Gasteiger charge is -2.21. The van der Waals surface area contributed by atoms with Crippen LogP contribution in [0.5, 0.6) is 0 Å². The Balaban J connectivity index is 2.07. The lowest BCUT2D eigenvalue weighted by Crippen LogP contribution is -2.18. The first-order valence-electron chi connectivity index (χ1n) is 6.21. The maximum Gasteiger partial charge on any atom is 0.0901 e. The van der Waals surface area contributed by atoms with Crippen molar-refractivity contribution in [2.45, 2.75) is 19.8 Å². The number of aromatic nitrogens is 1. The molecular weight excluding hydrogens is 264 g/mol. The molecule has 2 nitrogen and oxygen atoms in total. The third-order valence-corrected chi connectivity index (χ3v) is 4.31. The van der Waals surface area contributed by atoms with E-state index in [1.54, 1.807) is 11.3 Å². The van der Waals surface area contributed by atoms with Gasteiger partial charge in [0.25, 0.3) is 0 Å². The zero-order valence-electron chi connectivity index (χ0n) is 10.3. The van der Waals surface area contributed by atoms with E-state index in [9.17, 15) is 0 Å². The molecule has 18 heavy (non-hydrogen) atoms. The second-order valence-electron chi connectivity index (χ2n) is 4.61. The number of hydrogen-bond donors (Lipinski definition) is 0. The van der Waals surface area contributed by atoms with Crippen LogP contribution in [-0.4, -0.2) is 18.1 Å². The number of thiazole rings is 1. The topological polar surface area (TPSA) is 16.1 Å². The summed E-state index contributed by atoms with van der Waals surface area (Å²) >= 11 is 7.84. The summed E-state index contributed by atoms with van der Waals surface area (Å²) in [6.07, 6.45) is 2.53. The SMILES string of the molecule is Cc1nc(-c2ccc(Cl)cc2N2CCCC2)cs1. The highest BCUT2D eigenvalue weighted by Crippen LogP contribution is 2.35. The minimum absolute atomic E-state index is 0.799. The second kappa shape index (κ2) is 4.90. The van der Waals surface area contributed by atoms with Gasteiger partial charge in [0.05, 0.1) is 10.7 Å². The molecule has 2 heterocycles. The van der Waals surface area contributed by atoms with Crippen molar-refractivity contribution < 1.29 is 0 Å². The van der Waals surface area contributed by atoms with Gasteiger partial charge in [-0.05, 0) is 38.0 Å². The number of rotatable bonds is 2. The molecule has 0 unspecified atom stereocenters. The van der Waals surface area contributed by atoms with Crippen LogP contribution in [0.4, 0.5) is 5.69 Å². The van der Waals surface area contributed by atoms with Gasteiger partial charge >= 0.3 is 0 Å². The van der Waals surface area contributed by atoms with Crippen LogP contribution in [0, 0.1) is 6.92 Å². The molecule has 3 rings (SSSR count). The van der Waals surface area contributed by atoms with Gasteiger partial charge < -0.3 is 4.90 Å². The molecule has 4 heteroatoms. The number of nitrogens with zero attached hydrogens (tertiary/aromatic N) is 2. The fourth-order valence-electron chi connectivity index (χ4n) is 2.43. The molecule has 1 aromatic heterocycles. The van der Waals surface area contributed by atoms with Gasteiger partial charge in [0.15, 0.2) is 0 Å². The van der Waals surface area contributed by atoms with Crippen molar-refractivity contribution in [2.75, 3.05) is 18.0 Å². The number of benzene rings is 1. The summed E-state index contributed by atoms with van der Waals surface area (Å²) < 4.78 is 0. The highest BCUT2D eigenvalue weighted by Gasteiger charge is 2.18. The Hall–Kier alpha value is -1.06. The van der Waals surface area contributed by atoms with Crippen LogP contribution in [0.3, 0.4) is 0 Å². The number of hydrogen-bond acceptors (Lipinski definition) is 3. The van der Waals surface area contributed by atoms with Crippen LogP contribution < -0.4 is 4.90 Å². The fourth-order valence-corrected chi connectivity index (χ4v) is 3.21. The van der Waals surface area contributed by atoms with Crippen LogP contribution in [0.25, 0.3) is 11.3 Å². The normalized spacial score (nSPS) is 15.3. The highest BCUT2D eigenvalue weighted by molar-refractivity contribution is 7.09. The predicted octanol–water partition coefficient (Wildman–Crippen LogP) is 4.37. The van der Waals surface area contributed by atoms with Crippen LogP contribution in [0.15, 0.2) is 23.6 Å². The third kappa shape index (κ3) is 2.25. The smallest absolute Gasteiger partial charge is 0.0901 e. The van der Waals surface area contributed by atoms with Gasteiger partial charge in [0, 0.05) is 34.7 Å². The largest absolute Gasteiger partial charge is 0.371 e. The summed E-state index contributed by atoms with van der Waals surface area (Å²) in [6, 6.07) is 6.10. The Bertz CT molecular complexity index is 559. The van der Waals surface area contributed by atoms with Gasteiger partial charge in [0.1, 0.15) is 0 Å².